The van der Waals surface area contributed by atoms with Gasteiger partial charge in [-0.2, -0.15) is 0 Å². The lowest BCUT2D eigenvalue weighted by Crippen LogP contribution is -2.49. The van der Waals surface area contributed by atoms with Crippen molar-refractivity contribution in [3.63, 3.8) is 0 Å². The number of rotatable bonds is 43. The van der Waals surface area contributed by atoms with Gasteiger partial charge in [-0.25, -0.2) is 0 Å². The Kier molecular flexibility index (Phi) is 36.5. The fraction of sp³-hybridized carbons (Fsp3) is 0.868. The molecule has 1 aromatic rings. The molecule has 0 spiro atoms. The van der Waals surface area contributed by atoms with Crippen molar-refractivity contribution in [2.75, 3.05) is 50.8 Å². The lowest BCUT2D eigenvalue weighted by molar-refractivity contribution is -0.144. The number of ether oxygens (including phenoxy) is 2. The number of hydrogen-bond donors (Lipinski definition) is 1. The molecule has 0 radical (unpaired) electrons. The molecule has 8 nitrogen and oxygen atoms in total. The van der Waals surface area contributed by atoms with Crippen LogP contribution in [0.5, 0.6) is 0 Å². The summed E-state index contributed by atoms with van der Waals surface area (Å²) in [6.45, 7) is 10.3. The summed E-state index contributed by atoms with van der Waals surface area (Å²) in [5.41, 5.74) is 1.17. The highest BCUT2D eigenvalue weighted by atomic mass is 16.5. The first-order valence-corrected chi connectivity index (χ1v) is 26.4. The molecule has 2 atom stereocenters. The van der Waals surface area contributed by atoms with E-state index in [9.17, 15) is 14.7 Å². The molecule has 61 heavy (non-hydrogen) atoms. The van der Waals surface area contributed by atoms with Gasteiger partial charge in [0.25, 0.3) is 0 Å². The Morgan fingerprint density at radius 2 is 0.967 bits per heavy atom. The molecule has 2 heterocycles. The van der Waals surface area contributed by atoms with E-state index in [2.05, 4.69) is 34.7 Å². The minimum atomic E-state index is -0.368. The smallest absolute Gasteiger partial charge is 0.305 e. The van der Waals surface area contributed by atoms with E-state index < -0.39 is 0 Å². The van der Waals surface area contributed by atoms with E-state index in [0.717, 1.165) is 103 Å². The maximum Gasteiger partial charge on any atom is 0.305 e. The molecular formula is C53H97N3O5. The van der Waals surface area contributed by atoms with E-state index >= 15 is 0 Å². The summed E-state index contributed by atoms with van der Waals surface area (Å²) in [7, 11) is 0. The number of aromatic nitrogens is 1. The van der Waals surface area contributed by atoms with E-state index in [1.807, 2.05) is 18.5 Å². The number of aliphatic hydroxyl groups is 1. The molecule has 0 saturated carbocycles. The SMILES string of the molecule is CCCCCCCCCCCCCCCC(=O)OCCCCCC(O)C(CCCCOC(=O)CCCCCCCCCCCCCCC)CN1CCN(c2cccnc2)CC1. The van der Waals surface area contributed by atoms with Crippen LogP contribution >= 0.6 is 0 Å². The Hall–Kier alpha value is -2.19. The van der Waals surface area contributed by atoms with Gasteiger partial charge in [0.1, 0.15) is 0 Å². The Morgan fingerprint density at radius 1 is 0.557 bits per heavy atom. The Balaban J connectivity index is 1.56. The number of nitrogens with zero attached hydrogens (tertiary/aromatic N) is 3. The lowest BCUT2D eigenvalue weighted by Gasteiger charge is -2.38. The van der Waals surface area contributed by atoms with Gasteiger partial charge in [-0.3, -0.25) is 19.5 Å². The third-order valence-corrected chi connectivity index (χ3v) is 13.0. The van der Waals surface area contributed by atoms with Gasteiger partial charge >= 0.3 is 11.9 Å². The fourth-order valence-corrected chi connectivity index (χ4v) is 8.93. The molecule has 1 aromatic heterocycles. The van der Waals surface area contributed by atoms with Crippen molar-refractivity contribution in [2.45, 2.75) is 245 Å². The molecule has 1 N–H and O–H groups in total. The minimum Gasteiger partial charge on any atom is -0.466 e. The van der Waals surface area contributed by atoms with E-state index in [1.54, 1.807) is 0 Å². The zero-order valence-electron chi connectivity index (χ0n) is 40.1. The van der Waals surface area contributed by atoms with Crippen molar-refractivity contribution >= 4 is 17.6 Å². The quantitative estimate of drug-likeness (QED) is 0.0513. The van der Waals surface area contributed by atoms with Gasteiger partial charge in [-0.15, -0.1) is 0 Å². The topological polar surface area (TPSA) is 92.2 Å². The van der Waals surface area contributed by atoms with Crippen molar-refractivity contribution in [1.82, 2.24) is 9.88 Å². The molecule has 8 heteroatoms. The van der Waals surface area contributed by atoms with E-state index in [4.69, 9.17) is 9.47 Å². The number of piperazine rings is 1. The maximum atomic E-state index is 12.4. The number of anilines is 1. The van der Waals surface area contributed by atoms with Gasteiger partial charge in [0.15, 0.2) is 0 Å². The van der Waals surface area contributed by atoms with Crippen molar-refractivity contribution in [3.8, 4) is 0 Å². The highest BCUT2D eigenvalue weighted by Crippen LogP contribution is 2.23. The average molecular weight is 856 g/mol. The highest BCUT2D eigenvalue weighted by Gasteiger charge is 2.25. The summed E-state index contributed by atoms with van der Waals surface area (Å²) in [4.78, 5) is 33.9. The van der Waals surface area contributed by atoms with Crippen LogP contribution in [0.25, 0.3) is 0 Å². The molecule has 1 aliphatic rings. The summed E-state index contributed by atoms with van der Waals surface area (Å²) in [6, 6.07) is 4.12. The number of unbranched alkanes of at least 4 members (excludes halogenated alkanes) is 27. The Morgan fingerprint density at radius 3 is 1.41 bits per heavy atom. The van der Waals surface area contributed by atoms with Crippen LogP contribution in [0, 0.1) is 5.92 Å². The van der Waals surface area contributed by atoms with Gasteiger partial charge in [0.2, 0.25) is 0 Å². The van der Waals surface area contributed by atoms with Gasteiger partial charge in [-0.1, -0.05) is 174 Å². The molecule has 1 aliphatic heterocycles. The lowest BCUT2D eigenvalue weighted by atomic mass is 9.91. The molecular weight excluding hydrogens is 759 g/mol. The molecule has 1 fully saturated rings. The first-order valence-electron chi connectivity index (χ1n) is 26.4. The van der Waals surface area contributed by atoms with Crippen LogP contribution in [0.1, 0.15) is 239 Å². The van der Waals surface area contributed by atoms with Crippen molar-refractivity contribution in [1.29, 1.82) is 0 Å². The van der Waals surface area contributed by atoms with Crippen molar-refractivity contribution < 1.29 is 24.2 Å². The van der Waals surface area contributed by atoms with Crippen LogP contribution in [0.2, 0.25) is 0 Å². The first-order chi connectivity index (χ1) is 30.0. The van der Waals surface area contributed by atoms with Gasteiger partial charge in [-0.05, 0) is 69.4 Å². The summed E-state index contributed by atoms with van der Waals surface area (Å²) in [5.74, 6) is 0.0676. The third-order valence-electron chi connectivity index (χ3n) is 13.0. The number of aliphatic hydroxyl groups excluding tert-OH is 1. The maximum absolute atomic E-state index is 12.4. The first kappa shape index (κ1) is 54.9. The van der Waals surface area contributed by atoms with Gasteiger partial charge in [0.05, 0.1) is 31.2 Å². The third kappa shape index (κ3) is 32.2. The highest BCUT2D eigenvalue weighted by molar-refractivity contribution is 5.69. The van der Waals surface area contributed by atoms with Crippen molar-refractivity contribution in [2.24, 2.45) is 5.92 Å². The zero-order chi connectivity index (χ0) is 43.7. The van der Waals surface area contributed by atoms with E-state index in [0.29, 0.717) is 26.1 Å². The normalized spacial score (nSPS) is 14.3. The monoisotopic (exact) mass is 856 g/mol. The molecule has 1 saturated heterocycles. The largest absolute Gasteiger partial charge is 0.466 e. The molecule has 354 valence electrons. The fourth-order valence-electron chi connectivity index (χ4n) is 8.93. The second-order valence-electron chi connectivity index (χ2n) is 18.6. The minimum absolute atomic E-state index is 0.0583. The number of hydrogen-bond acceptors (Lipinski definition) is 8. The second-order valence-corrected chi connectivity index (χ2v) is 18.6. The van der Waals surface area contributed by atoms with Crippen LogP contribution in [-0.2, 0) is 19.1 Å². The zero-order valence-corrected chi connectivity index (χ0v) is 40.1. The number of pyridine rings is 1. The van der Waals surface area contributed by atoms with Crippen LogP contribution in [0.15, 0.2) is 24.5 Å². The molecule has 0 bridgehead atoms. The van der Waals surface area contributed by atoms with E-state index in [-0.39, 0.29) is 24.0 Å². The average Bonchev–Trinajstić information content (AvgIpc) is 3.28. The van der Waals surface area contributed by atoms with E-state index in [1.165, 1.54) is 147 Å². The molecule has 0 aromatic carbocycles. The number of esters is 2. The van der Waals surface area contributed by atoms with Crippen LogP contribution < -0.4 is 4.90 Å². The standard InChI is InChI=1S/C53H97N3O5/c1-3-5-7-9-11-13-15-17-19-21-23-25-29-38-52(58)60-45-32-27-28-37-51(57)49(48-55-41-43-56(44-42-55)50-36-34-40-54-47-50)35-31-33-46-61-53(59)39-30-26-24-22-20-18-16-14-12-10-8-6-4-2/h34,36,40,47,49,51,57H,3-33,35,37-39,41-46,48H2,1-2H3. The second kappa shape index (κ2) is 40.6. The van der Waals surface area contributed by atoms with Crippen LogP contribution in [-0.4, -0.2) is 79.0 Å². The summed E-state index contributed by atoms with van der Waals surface area (Å²) in [5, 5.41) is 11.4. The predicted molar refractivity (Wildman–Crippen MR) is 257 cm³/mol. The van der Waals surface area contributed by atoms with Crippen LogP contribution in [0.3, 0.4) is 0 Å². The van der Waals surface area contributed by atoms with Gasteiger partial charge < -0.3 is 19.5 Å². The number of carbonyl (C=O) groups excluding carboxylic acids is 2. The predicted octanol–water partition coefficient (Wildman–Crippen LogP) is 14.0. The molecule has 2 unspecified atom stereocenters. The number of carbonyl (C=O) groups is 2. The summed E-state index contributed by atoms with van der Waals surface area (Å²) in [6.07, 6.45) is 44.5. The van der Waals surface area contributed by atoms with Crippen LogP contribution in [0.4, 0.5) is 5.69 Å². The molecule has 0 amide bonds. The van der Waals surface area contributed by atoms with Crippen molar-refractivity contribution in [3.05, 3.63) is 24.5 Å². The Labute approximate surface area is 376 Å². The Bertz CT molecular complexity index is 1110. The summed E-state index contributed by atoms with van der Waals surface area (Å²) >= 11 is 0. The summed E-state index contributed by atoms with van der Waals surface area (Å²) < 4.78 is 11.2. The molecule has 0 aliphatic carbocycles. The van der Waals surface area contributed by atoms with Gasteiger partial charge in [0, 0.05) is 51.8 Å². The molecule has 2 rings (SSSR count).